The standard InChI is InChI=1S/C15H8Cl2FN3O2/c16-11-8(2-1-3-9(11)15(22)23)12-13(17)21-14(20-12)10-5-4-7(18)6-19-10/h1-6H,(H,20,21)(H,22,23). The SMILES string of the molecule is O=C(O)c1cccc(-c2nc(-c3ccc(F)cn3)[nH]c2Cl)c1Cl. The Hall–Kier alpha value is -2.44. The van der Waals surface area contributed by atoms with Crippen LogP contribution in [0.5, 0.6) is 0 Å². The molecule has 3 rings (SSSR count). The van der Waals surface area contributed by atoms with E-state index in [-0.39, 0.29) is 15.7 Å². The molecule has 3 aromatic rings. The predicted octanol–water partition coefficient (Wildman–Crippen LogP) is 4.28. The fraction of sp³-hybridized carbons (Fsp3) is 0. The normalized spacial score (nSPS) is 10.7. The summed E-state index contributed by atoms with van der Waals surface area (Å²) in [7, 11) is 0. The van der Waals surface area contributed by atoms with E-state index in [9.17, 15) is 9.18 Å². The van der Waals surface area contributed by atoms with Gasteiger partial charge in [-0.3, -0.25) is 0 Å². The Bertz CT molecular complexity index is 894. The Morgan fingerprint density at radius 2 is 2.00 bits per heavy atom. The molecule has 8 heteroatoms. The Labute approximate surface area is 139 Å². The van der Waals surface area contributed by atoms with Crippen LogP contribution in [0.2, 0.25) is 10.2 Å². The van der Waals surface area contributed by atoms with Crippen LogP contribution in [0.25, 0.3) is 22.8 Å². The zero-order chi connectivity index (χ0) is 16.6. The summed E-state index contributed by atoms with van der Waals surface area (Å²) in [5.41, 5.74) is 1.01. The van der Waals surface area contributed by atoms with Crippen molar-refractivity contribution >= 4 is 29.2 Å². The lowest BCUT2D eigenvalue weighted by Gasteiger charge is -2.04. The quantitative estimate of drug-likeness (QED) is 0.737. The highest BCUT2D eigenvalue weighted by Gasteiger charge is 2.19. The van der Waals surface area contributed by atoms with Crippen molar-refractivity contribution in [2.45, 2.75) is 0 Å². The smallest absolute Gasteiger partial charge is 0.337 e. The van der Waals surface area contributed by atoms with Crippen LogP contribution in [-0.4, -0.2) is 26.0 Å². The van der Waals surface area contributed by atoms with Gasteiger partial charge in [0.05, 0.1) is 16.8 Å². The molecule has 0 bridgehead atoms. The number of hydrogen-bond donors (Lipinski definition) is 2. The fourth-order valence-electron chi connectivity index (χ4n) is 2.05. The minimum Gasteiger partial charge on any atom is -0.478 e. The van der Waals surface area contributed by atoms with Crippen molar-refractivity contribution in [3.05, 3.63) is 58.1 Å². The van der Waals surface area contributed by atoms with Crippen LogP contribution in [0, 0.1) is 5.82 Å². The van der Waals surface area contributed by atoms with Crippen molar-refractivity contribution in [2.24, 2.45) is 0 Å². The molecule has 0 atom stereocenters. The van der Waals surface area contributed by atoms with E-state index in [1.165, 1.54) is 18.2 Å². The molecule has 116 valence electrons. The number of pyridine rings is 1. The lowest BCUT2D eigenvalue weighted by molar-refractivity contribution is 0.0697. The van der Waals surface area contributed by atoms with E-state index < -0.39 is 11.8 Å². The van der Waals surface area contributed by atoms with E-state index in [1.807, 2.05) is 0 Å². The predicted molar refractivity (Wildman–Crippen MR) is 84.2 cm³/mol. The number of carboxylic acid groups (broad SMARTS) is 1. The van der Waals surface area contributed by atoms with E-state index >= 15 is 0 Å². The number of carbonyl (C=O) groups is 1. The molecule has 5 nitrogen and oxygen atoms in total. The van der Waals surface area contributed by atoms with Crippen LogP contribution in [0.15, 0.2) is 36.5 Å². The third-order valence-electron chi connectivity index (χ3n) is 3.11. The third kappa shape index (κ3) is 2.91. The van der Waals surface area contributed by atoms with Crippen molar-refractivity contribution < 1.29 is 14.3 Å². The first kappa shape index (κ1) is 15.5. The molecule has 0 fully saturated rings. The summed E-state index contributed by atoms with van der Waals surface area (Å²) in [6.45, 7) is 0. The number of aromatic amines is 1. The molecule has 0 saturated carbocycles. The molecule has 2 N–H and O–H groups in total. The van der Waals surface area contributed by atoms with E-state index in [0.717, 1.165) is 6.20 Å². The fourth-order valence-corrected chi connectivity index (χ4v) is 2.58. The molecule has 2 aromatic heterocycles. The van der Waals surface area contributed by atoms with Crippen LogP contribution < -0.4 is 0 Å². The number of imidazole rings is 1. The number of nitrogens with one attached hydrogen (secondary N) is 1. The van der Waals surface area contributed by atoms with Gasteiger partial charge in [-0.15, -0.1) is 0 Å². The van der Waals surface area contributed by atoms with Crippen molar-refractivity contribution in [2.75, 3.05) is 0 Å². The average molecular weight is 352 g/mol. The molecule has 0 saturated heterocycles. The minimum absolute atomic E-state index is 0.0343. The Kier molecular flexibility index (Phi) is 4.02. The minimum atomic E-state index is -1.15. The molecule has 23 heavy (non-hydrogen) atoms. The number of hydrogen-bond acceptors (Lipinski definition) is 3. The van der Waals surface area contributed by atoms with Gasteiger partial charge in [0.1, 0.15) is 22.4 Å². The van der Waals surface area contributed by atoms with Gasteiger partial charge in [0, 0.05) is 5.56 Å². The molecule has 0 radical (unpaired) electrons. The van der Waals surface area contributed by atoms with E-state index in [4.69, 9.17) is 28.3 Å². The summed E-state index contributed by atoms with van der Waals surface area (Å²) in [5.74, 6) is -1.30. The summed E-state index contributed by atoms with van der Waals surface area (Å²) in [4.78, 5) is 22.2. The summed E-state index contributed by atoms with van der Waals surface area (Å²) in [6.07, 6.45) is 1.06. The third-order valence-corrected chi connectivity index (χ3v) is 3.79. The first-order chi connectivity index (χ1) is 11.0. The molecular weight excluding hydrogens is 344 g/mol. The van der Waals surface area contributed by atoms with Crippen LogP contribution in [-0.2, 0) is 0 Å². The highest BCUT2D eigenvalue weighted by atomic mass is 35.5. The maximum Gasteiger partial charge on any atom is 0.337 e. The Balaban J connectivity index is 2.10. The van der Waals surface area contributed by atoms with Crippen molar-refractivity contribution in [1.82, 2.24) is 15.0 Å². The number of rotatable bonds is 3. The summed E-state index contributed by atoms with van der Waals surface area (Å²) in [6, 6.07) is 7.24. The first-order valence-corrected chi connectivity index (χ1v) is 7.12. The molecule has 0 spiro atoms. The van der Waals surface area contributed by atoms with Crippen LogP contribution in [0.1, 0.15) is 10.4 Å². The number of aromatic nitrogens is 3. The summed E-state index contributed by atoms with van der Waals surface area (Å²) >= 11 is 12.3. The summed E-state index contributed by atoms with van der Waals surface area (Å²) < 4.78 is 12.9. The van der Waals surface area contributed by atoms with E-state index in [1.54, 1.807) is 12.1 Å². The number of carboxylic acids is 1. The van der Waals surface area contributed by atoms with Gasteiger partial charge in [-0.1, -0.05) is 35.3 Å². The number of halogens is 3. The Morgan fingerprint density at radius 1 is 1.22 bits per heavy atom. The average Bonchev–Trinajstić information content (AvgIpc) is 2.89. The number of benzene rings is 1. The molecular formula is C15H8Cl2FN3O2. The molecule has 1 aromatic carbocycles. The second-order valence-corrected chi connectivity index (χ2v) is 5.34. The zero-order valence-corrected chi connectivity index (χ0v) is 12.9. The van der Waals surface area contributed by atoms with Gasteiger partial charge in [-0.25, -0.2) is 19.2 Å². The zero-order valence-electron chi connectivity index (χ0n) is 11.3. The van der Waals surface area contributed by atoms with Gasteiger partial charge in [0.15, 0.2) is 5.82 Å². The lowest BCUT2D eigenvalue weighted by Crippen LogP contribution is -1.98. The van der Waals surface area contributed by atoms with Gasteiger partial charge >= 0.3 is 5.97 Å². The second kappa shape index (κ2) is 5.98. The largest absolute Gasteiger partial charge is 0.478 e. The topological polar surface area (TPSA) is 78.9 Å². The maximum absolute atomic E-state index is 12.9. The molecule has 0 aliphatic rings. The van der Waals surface area contributed by atoms with Crippen LogP contribution in [0.4, 0.5) is 4.39 Å². The molecule has 0 amide bonds. The van der Waals surface area contributed by atoms with Gasteiger partial charge in [0.25, 0.3) is 0 Å². The second-order valence-electron chi connectivity index (χ2n) is 4.58. The van der Waals surface area contributed by atoms with Crippen molar-refractivity contribution in [3.63, 3.8) is 0 Å². The van der Waals surface area contributed by atoms with Gasteiger partial charge < -0.3 is 10.1 Å². The van der Waals surface area contributed by atoms with Crippen molar-refractivity contribution in [3.8, 4) is 22.8 Å². The van der Waals surface area contributed by atoms with E-state index in [0.29, 0.717) is 22.8 Å². The van der Waals surface area contributed by atoms with Gasteiger partial charge in [-0.05, 0) is 18.2 Å². The molecule has 0 aliphatic heterocycles. The van der Waals surface area contributed by atoms with Crippen LogP contribution in [0.3, 0.4) is 0 Å². The highest BCUT2D eigenvalue weighted by Crippen LogP contribution is 2.35. The molecule has 0 aliphatic carbocycles. The Morgan fingerprint density at radius 3 is 2.65 bits per heavy atom. The molecule has 2 heterocycles. The van der Waals surface area contributed by atoms with E-state index in [2.05, 4.69) is 15.0 Å². The van der Waals surface area contributed by atoms with Gasteiger partial charge in [0.2, 0.25) is 0 Å². The maximum atomic E-state index is 12.9. The van der Waals surface area contributed by atoms with Crippen molar-refractivity contribution in [1.29, 1.82) is 0 Å². The van der Waals surface area contributed by atoms with Gasteiger partial charge in [-0.2, -0.15) is 0 Å². The monoisotopic (exact) mass is 351 g/mol. The molecule has 0 unspecified atom stereocenters. The number of aromatic carboxylic acids is 1. The number of H-pyrrole nitrogens is 1. The van der Waals surface area contributed by atoms with Crippen LogP contribution >= 0.6 is 23.2 Å². The lowest BCUT2D eigenvalue weighted by atomic mass is 10.1. The highest BCUT2D eigenvalue weighted by molar-refractivity contribution is 6.37. The first-order valence-electron chi connectivity index (χ1n) is 6.37. The number of nitrogens with zero attached hydrogens (tertiary/aromatic N) is 2. The summed E-state index contributed by atoms with van der Waals surface area (Å²) in [5, 5.41) is 9.34.